The molecule has 8 nitrogen and oxygen atoms in total. The number of urea groups is 1. The minimum atomic E-state index is -0.422. The summed E-state index contributed by atoms with van der Waals surface area (Å²) in [7, 11) is 0. The molecule has 0 bridgehead atoms. The van der Waals surface area contributed by atoms with E-state index in [0.29, 0.717) is 30.1 Å². The number of thioether (sulfide) groups is 1. The number of nitrogens with one attached hydrogen (secondary N) is 2. The number of carbonyl (C=O) groups is 2. The van der Waals surface area contributed by atoms with Gasteiger partial charge in [0.1, 0.15) is 12.4 Å². The Morgan fingerprint density at radius 1 is 1.19 bits per heavy atom. The van der Waals surface area contributed by atoms with Gasteiger partial charge in [0.25, 0.3) is 0 Å². The van der Waals surface area contributed by atoms with Gasteiger partial charge in [0.15, 0.2) is 11.0 Å². The van der Waals surface area contributed by atoms with E-state index in [1.165, 1.54) is 17.3 Å². The summed E-state index contributed by atoms with van der Waals surface area (Å²) in [6.45, 7) is 7.35. The molecule has 1 heterocycles. The Kier molecular flexibility index (Phi) is 8.96. The highest BCUT2D eigenvalue weighted by Gasteiger charge is 2.19. The quantitative estimate of drug-likeness (QED) is 0.522. The molecule has 0 unspecified atom stereocenters. The maximum atomic E-state index is 12.2. The Balaban J connectivity index is 1.54. The van der Waals surface area contributed by atoms with Gasteiger partial charge in [0, 0.05) is 12.6 Å². The molecule has 32 heavy (non-hydrogen) atoms. The van der Waals surface area contributed by atoms with Crippen molar-refractivity contribution in [2.45, 2.75) is 77.2 Å². The van der Waals surface area contributed by atoms with Crippen molar-refractivity contribution in [3.05, 3.63) is 35.7 Å². The zero-order valence-electron chi connectivity index (χ0n) is 19.1. The molecule has 174 valence electrons. The smallest absolute Gasteiger partial charge is 0.321 e. The van der Waals surface area contributed by atoms with Gasteiger partial charge >= 0.3 is 6.03 Å². The number of benzene rings is 1. The van der Waals surface area contributed by atoms with E-state index in [0.717, 1.165) is 37.9 Å². The molecule has 1 fully saturated rings. The van der Waals surface area contributed by atoms with Crippen molar-refractivity contribution in [3.63, 3.8) is 0 Å². The van der Waals surface area contributed by atoms with Crippen LogP contribution in [0.15, 0.2) is 29.4 Å². The van der Waals surface area contributed by atoms with Crippen LogP contribution in [0, 0.1) is 5.92 Å². The first-order valence-corrected chi connectivity index (χ1v) is 12.3. The fraction of sp³-hybridized carbons (Fsp3) is 0.565. The van der Waals surface area contributed by atoms with E-state index >= 15 is 0 Å². The van der Waals surface area contributed by atoms with Crippen molar-refractivity contribution in [1.82, 2.24) is 25.4 Å². The second kappa shape index (κ2) is 11.9. The highest BCUT2D eigenvalue weighted by Crippen LogP contribution is 2.21. The lowest BCUT2D eigenvalue weighted by molar-refractivity contribution is -0.117. The molecule has 0 spiro atoms. The Morgan fingerprint density at radius 2 is 1.91 bits per heavy atom. The van der Waals surface area contributed by atoms with Crippen LogP contribution in [0.5, 0.6) is 5.75 Å². The van der Waals surface area contributed by atoms with Crippen LogP contribution in [0.2, 0.25) is 0 Å². The molecule has 0 radical (unpaired) electrons. The number of hydrogen-bond donors (Lipinski definition) is 2. The maximum Gasteiger partial charge on any atom is 0.321 e. The molecule has 1 aromatic carbocycles. The molecule has 1 aromatic heterocycles. The summed E-state index contributed by atoms with van der Waals surface area (Å²) in [5.41, 5.74) is 1.26. The topological polar surface area (TPSA) is 98.1 Å². The highest BCUT2D eigenvalue weighted by atomic mass is 32.2. The second-order valence-corrected chi connectivity index (χ2v) is 9.42. The SMILES string of the molecule is CCc1ccc(OCc2nnc(SCC(=O)NC(=O)NC3CCCC3)n2CC(C)C)cc1. The number of nitrogens with zero attached hydrogens (tertiary/aromatic N) is 3. The van der Waals surface area contributed by atoms with Crippen LogP contribution in [0.3, 0.4) is 0 Å². The summed E-state index contributed by atoms with van der Waals surface area (Å²) in [5.74, 6) is 1.61. The third-order valence-corrected chi connectivity index (χ3v) is 6.28. The average Bonchev–Trinajstić information content (AvgIpc) is 3.40. The molecule has 2 aromatic rings. The highest BCUT2D eigenvalue weighted by molar-refractivity contribution is 7.99. The Bertz CT molecular complexity index is 892. The van der Waals surface area contributed by atoms with Crippen molar-refractivity contribution in [1.29, 1.82) is 0 Å². The van der Waals surface area contributed by atoms with E-state index in [-0.39, 0.29) is 17.7 Å². The fourth-order valence-corrected chi connectivity index (χ4v) is 4.40. The summed E-state index contributed by atoms with van der Waals surface area (Å²) < 4.78 is 7.89. The van der Waals surface area contributed by atoms with E-state index in [1.807, 2.05) is 16.7 Å². The Hall–Kier alpha value is -2.55. The Labute approximate surface area is 193 Å². The molecule has 1 aliphatic rings. The van der Waals surface area contributed by atoms with E-state index in [2.05, 4.69) is 53.7 Å². The average molecular weight is 460 g/mol. The first-order valence-electron chi connectivity index (χ1n) is 11.3. The van der Waals surface area contributed by atoms with E-state index in [1.54, 1.807) is 0 Å². The van der Waals surface area contributed by atoms with Crippen LogP contribution in [-0.4, -0.2) is 38.5 Å². The molecule has 0 saturated heterocycles. The molecule has 3 rings (SSSR count). The van der Waals surface area contributed by atoms with Crippen molar-refractivity contribution in [2.24, 2.45) is 5.92 Å². The predicted molar refractivity (Wildman–Crippen MR) is 125 cm³/mol. The lowest BCUT2D eigenvalue weighted by Gasteiger charge is -2.14. The van der Waals surface area contributed by atoms with Gasteiger partial charge in [0.2, 0.25) is 5.91 Å². The number of aryl methyl sites for hydroxylation is 1. The summed E-state index contributed by atoms with van der Waals surface area (Å²) in [4.78, 5) is 24.2. The van der Waals surface area contributed by atoms with E-state index in [9.17, 15) is 9.59 Å². The zero-order valence-corrected chi connectivity index (χ0v) is 19.9. The molecule has 0 atom stereocenters. The first-order chi connectivity index (χ1) is 15.4. The molecular weight excluding hydrogens is 426 g/mol. The number of imide groups is 1. The van der Waals surface area contributed by atoms with Crippen LogP contribution >= 0.6 is 11.8 Å². The molecule has 2 N–H and O–H groups in total. The molecular formula is C23H33N5O3S. The van der Waals surface area contributed by atoms with Gasteiger partial charge in [-0.3, -0.25) is 10.1 Å². The number of hydrogen-bond acceptors (Lipinski definition) is 6. The number of carbonyl (C=O) groups excluding carboxylic acids is 2. The summed E-state index contributed by atoms with van der Waals surface area (Å²) >= 11 is 1.27. The minimum Gasteiger partial charge on any atom is -0.486 e. The van der Waals surface area contributed by atoms with Crippen molar-refractivity contribution in [3.8, 4) is 5.75 Å². The van der Waals surface area contributed by atoms with Gasteiger partial charge in [-0.25, -0.2) is 4.79 Å². The minimum absolute atomic E-state index is 0.0909. The van der Waals surface area contributed by atoms with Crippen LogP contribution < -0.4 is 15.4 Å². The summed E-state index contributed by atoms with van der Waals surface area (Å²) in [6.07, 6.45) is 5.18. The van der Waals surface area contributed by atoms with Crippen LogP contribution in [0.4, 0.5) is 4.79 Å². The second-order valence-electron chi connectivity index (χ2n) is 8.48. The summed E-state index contributed by atoms with van der Waals surface area (Å²) in [6, 6.07) is 7.77. The molecule has 0 aliphatic heterocycles. The normalized spacial score (nSPS) is 14.0. The van der Waals surface area contributed by atoms with Crippen molar-refractivity contribution in [2.75, 3.05) is 5.75 Å². The van der Waals surface area contributed by atoms with Gasteiger partial charge in [-0.2, -0.15) is 0 Å². The monoisotopic (exact) mass is 459 g/mol. The van der Waals surface area contributed by atoms with Gasteiger partial charge in [-0.05, 0) is 42.9 Å². The molecule has 1 aliphatic carbocycles. The van der Waals surface area contributed by atoms with E-state index < -0.39 is 6.03 Å². The van der Waals surface area contributed by atoms with Crippen LogP contribution in [0.25, 0.3) is 0 Å². The van der Waals surface area contributed by atoms with Gasteiger partial charge in [0.05, 0.1) is 5.75 Å². The predicted octanol–water partition coefficient (Wildman–Crippen LogP) is 3.94. The molecule has 9 heteroatoms. The third kappa shape index (κ3) is 7.25. The number of aromatic nitrogens is 3. The number of rotatable bonds is 10. The number of ether oxygens (including phenoxy) is 1. The fourth-order valence-electron chi connectivity index (χ4n) is 3.63. The first kappa shape index (κ1) is 24.1. The summed E-state index contributed by atoms with van der Waals surface area (Å²) in [5, 5.41) is 14.5. The number of amides is 3. The van der Waals surface area contributed by atoms with Crippen LogP contribution in [0.1, 0.15) is 57.8 Å². The van der Waals surface area contributed by atoms with E-state index in [4.69, 9.17) is 4.74 Å². The van der Waals surface area contributed by atoms with Gasteiger partial charge in [-0.15, -0.1) is 10.2 Å². The van der Waals surface area contributed by atoms with Crippen molar-refractivity contribution >= 4 is 23.7 Å². The maximum absolute atomic E-state index is 12.2. The third-order valence-electron chi connectivity index (χ3n) is 5.32. The zero-order chi connectivity index (χ0) is 22.9. The van der Waals surface area contributed by atoms with Crippen molar-refractivity contribution < 1.29 is 14.3 Å². The standard InChI is InChI=1S/C23H33N5O3S/c1-4-17-9-11-19(12-10-17)31-14-20-26-27-23(28(20)13-16(2)3)32-15-21(29)25-22(30)24-18-7-5-6-8-18/h9-12,16,18H,4-8,13-15H2,1-3H3,(H2,24,25,29,30). The van der Waals surface area contributed by atoms with Gasteiger partial charge in [-0.1, -0.05) is 57.5 Å². The van der Waals surface area contributed by atoms with Gasteiger partial charge < -0.3 is 14.6 Å². The Morgan fingerprint density at radius 3 is 2.56 bits per heavy atom. The molecule has 3 amide bonds. The van der Waals surface area contributed by atoms with Crippen LogP contribution in [-0.2, 0) is 24.4 Å². The lowest BCUT2D eigenvalue weighted by atomic mass is 10.2. The lowest BCUT2D eigenvalue weighted by Crippen LogP contribution is -2.44. The molecule has 1 saturated carbocycles. The largest absolute Gasteiger partial charge is 0.486 e.